The molecular formula is C14H12ClFO2. The molecule has 0 aromatic heterocycles. The molecule has 0 heterocycles. The Bertz CT molecular complexity index is 570. The first-order chi connectivity index (χ1) is 8.61. The molecule has 0 aliphatic carbocycles. The Hall–Kier alpha value is -1.58. The van der Waals surface area contributed by atoms with Gasteiger partial charge in [-0.15, -0.1) is 0 Å². The van der Waals surface area contributed by atoms with Gasteiger partial charge in [-0.05, 0) is 36.2 Å². The van der Waals surface area contributed by atoms with Crippen molar-refractivity contribution in [1.29, 1.82) is 0 Å². The number of hydrogen-bond donors (Lipinski definition) is 1. The van der Waals surface area contributed by atoms with E-state index in [0.717, 1.165) is 0 Å². The maximum atomic E-state index is 13.7. The van der Waals surface area contributed by atoms with Crippen LogP contribution in [-0.2, 0) is 6.61 Å². The van der Waals surface area contributed by atoms with Crippen LogP contribution in [-0.4, -0.2) is 5.11 Å². The molecule has 0 saturated carbocycles. The van der Waals surface area contributed by atoms with Gasteiger partial charge in [0.2, 0.25) is 0 Å². The fourth-order valence-electron chi connectivity index (χ4n) is 1.55. The Labute approximate surface area is 110 Å². The summed E-state index contributed by atoms with van der Waals surface area (Å²) in [5.74, 6) is 0.198. The summed E-state index contributed by atoms with van der Waals surface area (Å²) in [6, 6.07) is 9.77. The van der Waals surface area contributed by atoms with E-state index >= 15 is 0 Å². The number of aliphatic hydroxyl groups is 1. The molecule has 2 nitrogen and oxygen atoms in total. The summed E-state index contributed by atoms with van der Waals surface area (Å²) in [5.41, 5.74) is 1.12. The van der Waals surface area contributed by atoms with Crippen molar-refractivity contribution in [2.24, 2.45) is 0 Å². The number of benzene rings is 2. The third-order valence-corrected chi connectivity index (χ3v) is 2.93. The molecule has 18 heavy (non-hydrogen) atoms. The largest absolute Gasteiger partial charge is 0.454 e. The molecular weight excluding hydrogens is 255 g/mol. The molecule has 1 N–H and O–H groups in total. The normalized spacial score (nSPS) is 10.4. The van der Waals surface area contributed by atoms with E-state index in [-0.39, 0.29) is 18.2 Å². The Morgan fingerprint density at radius 2 is 2.06 bits per heavy atom. The van der Waals surface area contributed by atoms with E-state index in [1.165, 1.54) is 0 Å². The number of halogens is 2. The molecule has 0 aliphatic rings. The van der Waals surface area contributed by atoms with Gasteiger partial charge in [0.05, 0.1) is 6.61 Å². The summed E-state index contributed by atoms with van der Waals surface area (Å²) in [4.78, 5) is 0. The van der Waals surface area contributed by atoms with Gasteiger partial charge in [0.1, 0.15) is 5.75 Å². The van der Waals surface area contributed by atoms with Crippen molar-refractivity contribution < 1.29 is 14.2 Å². The van der Waals surface area contributed by atoms with E-state index in [4.69, 9.17) is 21.4 Å². The van der Waals surface area contributed by atoms with Crippen molar-refractivity contribution in [2.45, 2.75) is 13.5 Å². The quantitative estimate of drug-likeness (QED) is 0.907. The average Bonchev–Trinajstić information content (AvgIpc) is 2.35. The minimum absolute atomic E-state index is 0.141. The highest BCUT2D eigenvalue weighted by molar-refractivity contribution is 6.31. The van der Waals surface area contributed by atoms with Gasteiger partial charge >= 0.3 is 0 Å². The van der Waals surface area contributed by atoms with Crippen LogP contribution in [0.2, 0.25) is 5.02 Å². The van der Waals surface area contributed by atoms with Crippen molar-refractivity contribution >= 4 is 11.6 Å². The van der Waals surface area contributed by atoms with E-state index in [1.54, 1.807) is 43.3 Å². The minimum Gasteiger partial charge on any atom is -0.454 e. The van der Waals surface area contributed by atoms with Gasteiger partial charge in [0.25, 0.3) is 0 Å². The lowest BCUT2D eigenvalue weighted by molar-refractivity contribution is 0.282. The lowest BCUT2D eigenvalue weighted by Crippen LogP contribution is -1.92. The van der Waals surface area contributed by atoms with Crippen LogP contribution in [0, 0.1) is 12.7 Å². The summed E-state index contributed by atoms with van der Waals surface area (Å²) in [6.07, 6.45) is 0. The zero-order valence-corrected chi connectivity index (χ0v) is 10.5. The van der Waals surface area contributed by atoms with Crippen LogP contribution in [0.4, 0.5) is 4.39 Å². The van der Waals surface area contributed by atoms with E-state index in [9.17, 15) is 4.39 Å². The highest BCUT2D eigenvalue weighted by atomic mass is 35.5. The summed E-state index contributed by atoms with van der Waals surface area (Å²) >= 11 is 5.93. The van der Waals surface area contributed by atoms with Gasteiger partial charge in [0.15, 0.2) is 11.6 Å². The fourth-order valence-corrected chi connectivity index (χ4v) is 1.78. The van der Waals surface area contributed by atoms with Gasteiger partial charge in [0, 0.05) is 5.02 Å². The molecule has 0 aliphatic heterocycles. The minimum atomic E-state index is -0.389. The van der Waals surface area contributed by atoms with Crippen LogP contribution in [0.1, 0.15) is 11.1 Å². The lowest BCUT2D eigenvalue weighted by atomic mass is 10.2. The number of hydrogen-bond acceptors (Lipinski definition) is 2. The molecule has 0 unspecified atom stereocenters. The Morgan fingerprint density at radius 3 is 2.72 bits per heavy atom. The van der Waals surface area contributed by atoms with Crippen LogP contribution in [0.5, 0.6) is 11.5 Å². The third-order valence-electron chi connectivity index (χ3n) is 2.58. The SMILES string of the molecule is Cc1cccc(Oc2ccc(CO)c(Cl)c2)c1F. The average molecular weight is 267 g/mol. The number of rotatable bonds is 3. The molecule has 0 bridgehead atoms. The van der Waals surface area contributed by atoms with Crippen LogP contribution in [0.15, 0.2) is 36.4 Å². The molecule has 2 aromatic carbocycles. The van der Waals surface area contributed by atoms with Gasteiger partial charge in [-0.3, -0.25) is 0 Å². The first kappa shape index (κ1) is 12.9. The monoisotopic (exact) mass is 266 g/mol. The number of aryl methyl sites for hydroxylation is 1. The Balaban J connectivity index is 2.29. The molecule has 0 radical (unpaired) electrons. The first-order valence-electron chi connectivity index (χ1n) is 5.44. The molecule has 0 saturated heterocycles. The van der Waals surface area contributed by atoms with E-state index in [0.29, 0.717) is 21.9 Å². The van der Waals surface area contributed by atoms with Gasteiger partial charge < -0.3 is 9.84 Å². The first-order valence-corrected chi connectivity index (χ1v) is 5.82. The van der Waals surface area contributed by atoms with Crippen molar-refractivity contribution in [3.8, 4) is 11.5 Å². The lowest BCUT2D eigenvalue weighted by Gasteiger charge is -2.09. The van der Waals surface area contributed by atoms with E-state index < -0.39 is 0 Å². The maximum absolute atomic E-state index is 13.7. The summed E-state index contributed by atoms with van der Waals surface area (Å²) in [6.45, 7) is 1.53. The van der Waals surface area contributed by atoms with Crippen molar-refractivity contribution in [2.75, 3.05) is 0 Å². The zero-order valence-electron chi connectivity index (χ0n) is 9.78. The van der Waals surface area contributed by atoms with Crippen LogP contribution in [0.3, 0.4) is 0 Å². The van der Waals surface area contributed by atoms with E-state index in [2.05, 4.69) is 0 Å². The second-order valence-electron chi connectivity index (χ2n) is 3.90. The van der Waals surface area contributed by atoms with Crippen molar-refractivity contribution in [3.63, 3.8) is 0 Å². The number of ether oxygens (including phenoxy) is 1. The second-order valence-corrected chi connectivity index (χ2v) is 4.31. The molecule has 0 spiro atoms. The maximum Gasteiger partial charge on any atom is 0.168 e. The Morgan fingerprint density at radius 1 is 1.28 bits per heavy atom. The van der Waals surface area contributed by atoms with Crippen LogP contribution in [0.25, 0.3) is 0 Å². The molecule has 2 aromatic rings. The predicted octanol–water partition coefficient (Wildman–Crippen LogP) is 4.07. The molecule has 0 atom stereocenters. The molecule has 94 valence electrons. The van der Waals surface area contributed by atoms with Gasteiger partial charge in [-0.1, -0.05) is 29.8 Å². The fraction of sp³-hybridized carbons (Fsp3) is 0.143. The number of aliphatic hydroxyl groups excluding tert-OH is 1. The zero-order chi connectivity index (χ0) is 13.1. The molecule has 4 heteroatoms. The Kier molecular flexibility index (Phi) is 3.84. The molecule has 0 amide bonds. The summed E-state index contributed by atoms with van der Waals surface area (Å²) < 4.78 is 19.2. The highest BCUT2D eigenvalue weighted by Gasteiger charge is 2.08. The standard InChI is InChI=1S/C14H12ClFO2/c1-9-3-2-4-13(14(9)16)18-11-6-5-10(8-17)12(15)7-11/h2-7,17H,8H2,1H3. The summed E-state index contributed by atoms with van der Waals surface area (Å²) in [5, 5.41) is 9.39. The third kappa shape index (κ3) is 2.63. The van der Waals surface area contributed by atoms with Crippen molar-refractivity contribution in [3.05, 3.63) is 58.4 Å². The summed E-state index contributed by atoms with van der Waals surface area (Å²) in [7, 11) is 0. The van der Waals surface area contributed by atoms with Gasteiger partial charge in [-0.25, -0.2) is 4.39 Å². The van der Waals surface area contributed by atoms with Gasteiger partial charge in [-0.2, -0.15) is 0 Å². The van der Waals surface area contributed by atoms with E-state index in [1.807, 2.05) is 0 Å². The molecule has 2 rings (SSSR count). The highest BCUT2D eigenvalue weighted by Crippen LogP contribution is 2.29. The predicted molar refractivity (Wildman–Crippen MR) is 68.6 cm³/mol. The molecule has 0 fully saturated rings. The second kappa shape index (κ2) is 5.38. The van der Waals surface area contributed by atoms with Crippen molar-refractivity contribution in [1.82, 2.24) is 0 Å². The van der Waals surface area contributed by atoms with Crippen LogP contribution >= 0.6 is 11.6 Å². The smallest absolute Gasteiger partial charge is 0.168 e. The van der Waals surface area contributed by atoms with Crippen LogP contribution < -0.4 is 4.74 Å². The topological polar surface area (TPSA) is 29.5 Å².